The quantitative estimate of drug-likeness (QED) is 0.458. The van der Waals surface area contributed by atoms with Gasteiger partial charge in [0.25, 0.3) is 5.91 Å². The molecule has 0 aliphatic rings. The molecule has 3 heterocycles. The maximum Gasteiger partial charge on any atom is 0.289 e. The van der Waals surface area contributed by atoms with Gasteiger partial charge >= 0.3 is 0 Å². The molecule has 1 aromatic carbocycles. The van der Waals surface area contributed by atoms with E-state index in [0.717, 1.165) is 12.0 Å². The molecule has 1 amide bonds. The smallest absolute Gasteiger partial charge is 0.289 e. The van der Waals surface area contributed by atoms with Crippen LogP contribution in [0.1, 0.15) is 22.0 Å². The van der Waals surface area contributed by atoms with Gasteiger partial charge < -0.3 is 13.8 Å². The highest BCUT2D eigenvalue weighted by Crippen LogP contribution is 2.15. The molecule has 0 N–H and O–H groups in total. The molecule has 0 aliphatic carbocycles. The molecule has 0 saturated heterocycles. The number of hydrogen-bond acceptors (Lipinski definition) is 6. The van der Waals surface area contributed by atoms with E-state index < -0.39 is 0 Å². The Balaban J connectivity index is 1.43. The van der Waals surface area contributed by atoms with E-state index in [1.807, 2.05) is 30.3 Å². The maximum atomic E-state index is 12.8. The van der Waals surface area contributed by atoms with Gasteiger partial charge in [0.2, 0.25) is 11.7 Å². The molecule has 7 nitrogen and oxygen atoms in total. The summed E-state index contributed by atoms with van der Waals surface area (Å²) in [6, 6.07) is 17.1. The van der Waals surface area contributed by atoms with E-state index in [1.165, 1.54) is 11.8 Å². The molecule has 0 spiro atoms. The van der Waals surface area contributed by atoms with Crippen LogP contribution in [0.5, 0.6) is 0 Å². The Morgan fingerprint density at radius 2 is 1.72 bits per heavy atom. The fourth-order valence-corrected chi connectivity index (χ4v) is 2.98. The molecule has 0 atom stereocenters. The van der Waals surface area contributed by atoms with Crippen LogP contribution in [-0.4, -0.2) is 39.0 Å². The van der Waals surface area contributed by atoms with Crippen molar-refractivity contribution >= 4 is 5.91 Å². The van der Waals surface area contributed by atoms with E-state index in [-0.39, 0.29) is 5.91 Å². The Bertz CT molecular complexity index is 1030. The van der Waals surface area contributed by atoms with Gasteiger partial charge in [0.1, 0.15) is 0 Å². The van der Waals surface area contributed by atoms with Gasteiger partial charge in [-0.05, 0) is 36.2 Å². The third-order valence-electron chi connectivity index (χ3n) is 4.53. The molecular formula is C22H20N4O3. The Hall–Kier alpha value is -3.74. The predicted molar refractivity (Wildman–Crippen MR) is 106 cm³/mol. The van der Waals surface area contributed by atoms with Crippen LogP contribution in [0.4, 0.5) is 0 Å². The predicted octanol–water partition coefficient (Wildman–Crippen LogP) is 3.65. The van der Waals surface area contributed by atoms with Crippen LogP contribution in [0.15, 0.2) is 82.2 Å². The first-order valence-corrected chi connectivity index (χ1v) is 9.39. The minimum atomic E-state index is -0.153. The van der Waals surface area contributed by atoms with Gasteiger partial charge in [0.15, 0.2) is 5.76 Å². The minimum Gasteiger partial charge on any atom is -0.459 e. The van der Waals surface area contributed by atoms with Crippen molar-refractivity contribution in [3.8, 4) is 11.4 Å². The molecule has 0 bridgehead atoms. The van der Waals surface area contributed by atoms with Crippen molar-refractivity contribution in [2.75, 3.05) is 13.1 Å². The summed E-state index contributed by atoms with van der Waals surface area (Å²) in [6.45, 7) is 1.01. The first-order valence-electron chi connectivity index (χ1n) is 9.39. The van der Waals surface area contributed by atoms with E-state index in [2.05, 4.69) is 27.3 Å². The molecule has 4 aromatic rings. The first kappa shape index (κ1) is 18.6. The zero-order valence-electron chi connectivity index (χ0n) is 15.8. The van der Waals surface area contributed by atoms with Crippen molar-refractivity contribution < 1.29 is 13.7 Å². The summed E-state index contributed by atoms with van der Waals surface area (Å²) in [4.78, 5) is 23.0. The molecule has 0 radical (unpaired) electrons. The third-order valence-corrected chi connectivity index (χ3v) is 4.53. The average molecular weight is 388 g/mol. The third kappa shape index (κ3) is 4.76. The van der Waals surface area contributed by atoms with Crippen LogP contribution in [0.3, 0.4) is 0 Å². The highest BCUT2D eigenvalue weighted by Gasteiger charge is 2.19. The number of aromatic nitrogens is 3. The van der Waals surface area contributed by atoms with Crippen LogP contribution in [-0.2, 0) is 12.8 Å². The van der Waals surface area contributed by atoms with Gasteiger partial charge in [-0.25, -0.2) is 0 Å². The molecule has 146 valence electrons. The average Bonchev–Trinajstić information content (AvgIpc) is 3.47. The van der Waals surface area contributed by atoms with Crippen molar-refractivity contribution in [1.29, 1.82) is 0 Å². The lowest BCUT2D eigenvalue weighted by atomic mass is 10.1. The van der Waals surface area contributed by atoms with E-state index in [4.69, 9.17) is 8.94 Å². The number of carbonyl (C=O) groups is 1. The number of pyridine rings is 1. The van der Waals surface area contributed by atoms with Crippen LogP contribution in [0.2, 0.25) is 0 Å². The second kappa shape index (κ2) is 8.97. The summed E-state index contributed by atoms with van der Waals surface area (Å²) in [6.07, 6.45) is 6.07. The topological polar surface area (TPSA) is 85.3 Å². The molecule has 4 rings (SSSR count). The lowest BCUT2D eigenvalue weighted by Crippen LogP contribution is -2.34. The Labute approximate surface area is 168 Å². The number of nitrogens with zero attached hydrogens (tertiary/aromatic N) is 4. The van der Waals surface area contributed by atoms with Gasteiger partial charge in [-0.1, -0.05) is 35.5 Å². The normalized spacial score (nSPS) is 10.8. The molecule has 0 unspecified atom stereocenters. The largest absolute Gasteiger partial charge is 0.459 e. The number of rotatable bonds is 8. The summed E-state index contributed by atoms with van der Waals surface area (Å²) < 4.78 is 10.7. The molecule has 7 heteroatoms. The minimum absolute atomic E-state index is 0.153. The summed E-state index contributed by atoms with van der Waals surface area (Å²) in [7, 11) is 0. The molecule has 0 aliphatic heterocycles. The highest BCUT2D eigenvalue weighted by molar-refractivity contribution is 5.91. The van der Waals surface area contributed by atoms with Gasteiger partial charge in [-0.3, -0.25) is 9.78 Å². The SMILES string of the molecule is O=C(c1ccco1)N(CCc1ccccc1)CCc1nc(-c2ccncc2)no1. The van der Waals surface area contributed by atoms with Crippen LogP contribution in [0.25, 0.3) is 11.4 Å². The number of amides is 1. The van der Waals surface area contributed by atoms with Crippen molar-refractivity contribution in [3.63, 3.8) is 0 Å². The van der Waals surface area contributed by atoms with Gasteiger partial charge in [-0.15, -0.1) is 0 Å². The Kier molecular flexibility index (Phi) is 5.76. The summed E-state index contributed by atoms with van der Waals surface area (Å²) in [5.41, 5.74) is 2.00. The molecule has 0 saturated carbocycles. The lowest BCUT2D eigenvalue weighted by molar-refractivity contribution is 0.0724. The van der Waals surface area contributed by atoms with E-state index in [9.17, 15) is 4.79 Å². The molecule has 0 fully saturated rings. The van der Waals surface area contributed by atoms with Gasteiger partial charge in [0.05, 0.1) is 6.26 Å². The fraction of sp³-hybridized carbons (Fsp3) is 0.182. The summed E-state index contributed by atoms with van der Waals surface area (Å²) in [5.74, 6) is 1.16. The van der Waals surface area contributed by atoms with Crippen molar-refractivity contribution in [3.05, 3.63) is 90.5 Å². The zero-order valence-corrected chi connectivity index (χ0v) is 15.8. The van der Waals surface area contributed by atoms with Crippen molar-refractivity contribution in [2.45, 2.75) is 12.8 Å². The van der Waals surface area contributed by atoms with Gasteiger partial charge in [-0.2, -0.15) is 4.98 Å². The number of carbonyl (C=O) groups excluding carboxylic acids is 1. The van der Waals surface area contributed by atoms with Crippen LogP contribution < -0.4 is 0 Å². The summed E-state index contributed by atoms with van der Waals surface area (Å²) >= 11 is 0. The standard InChI is InChI=1S/C22H20N4O3/c27-22(19-7-4-16-28-19)26(14-10-17-5-2-1-3-6-17)15-11-20-24-21(25-29-20)18-8-12-23-13-9-18/h1-9,12-13,16H,10-11,14-15H2. The highest BCUT2D eigenvalue weighted by atomic mass is 16.5. The van der Waals surface area contributed by atoms with Crippen molar-refractivity contribution in [2.24, 2.45) is 0 Å². The fourth-order valence-electron chi connectivity index (χ4n) is 2.98. The lowest BCUT2D eigenvalue weighted by Gasteiger charge is -2.21. The Morgan fingerprint density at radius 1 is 0.931 bits per heavy atom. The number of hydrogen-bond donors (Lipinski definition) is 0. The maximum absolute atomic E-state index is 12.8. The van der Waals surface area contributed by atoms with E-state index >= 15 is 0 Å². The molecular weight excluding hydrogens is 368 g/mol. The van der Waals surface area contributed by atoms with E-state index in [1.54, 1.807) is 29.4 Å². The Morgan fingerprint density at radius 3 is 2.48 bits per heavy atom. The molecule has 3 aromatic heterocycles. The van der Waals surface area contributed by atoms with E-state index in [0.29, 0.717) is 37.0 Å². The van der Waals surface area contributed by atoms with Crippen LogP contribution in [0, 0.1) is 0 Å². The number of benzene rings is 1. The van der Waals surface area contributed by atoms with Crippen LogP contribution >= 0.6 is 0 Å². The monoisotopic (exact) mass is 388 g/mol. The second-order valence-electron chi connectivity index (χ2n) is 6.50. The van der Waals surface area contributed by atoms with Crippen molar-refractivity contribution in [1.82, 2.24) is 20.0 Å². The van der Waals surface area contributed by atoms with Gasteiger partial charge in [0, 0.05) is 37.5 Å². The summed E-state index contributed by atoms with van der Waals surface area (Å²) in [5, 5.41) is 4.02. The second-order valence-corrected chi connectivity index (χ2v) is 6.50. The number of furan rings is 1. The zero-order chi connectivity index (χ0) is 19.9. The molecule has 29 heavy (non-hydrogen) atoms. The first-order chi connectivity index (χ1) is 14.3.